The molecule has 0 aliphatic heterocycles. The number of hydrogen-bond donors (Lipinski definition) is 1. The molecule has 1 aromatic carbocycles. The van der Waals surface area contributed by atoms with Gasteiger partial charge in [-0.05, 0) is 37.0 Å². The predicted octanol–water partition coefficient (Wildman–Crippen LogP) is 3.09. The summed E-state index contributed by atoms with van der Waals surface area (Å²) < 4.78 is 3.01. The van der Waals surface area contributed by atoms with Crippen LogP contribution < -0.4 is 5.73 Å². The molecule has 4 rings (SSSR count). The van der Waals surface area contributed by atoms with Crippen molar-refractivity contribution in [2.45, 2.75) is 29.4 Å². The molecule has 2 N–H and O–H groups in total. The number of hydrogen-bond acceptors (Lipinski definition) is 6. The van der Waals surface area contributed by atoms with Gasteiger partial charge in [-0.25, -0.2) is 4.68 Å². The number of nitrogen functional groups attached to an aromatic ring is 1. The van der Waals surface area contributed by atoms with Gasteiger partial charge in [0.1, 0.15) is 0 Å². The first-order valence-electron chi connectivity index (χ1n) is 7.18. The van der Waals surface area contributed by atoms with Gasteiger partial charge in [0.2, 0.25) is 5.13 Å². The summed E-state index contributed by atoms with van der Waals surface area (Å²) in [6.45, 7) is 0. The van der Waals surface area contributed by atoms with E-state index in [1.54, 1.807) is 11.8 Å². The van der Waals surface area contributed by atoms with Crippen molar-refractivity contribution in [3.05, 3.63) is 47.3 Å². The molecule has 3 aromatic rings. The van der Waals surface area contributed by atoms with Gasteiger partial charge in [-0.3, -0.25) is 0 Å². The first-order valence-corrected chi connectivity index (χ1v) is 8.98. The van der Waals surface area contributed by atoms with Crippen molar-refractivity contribution >= 4 is 28.2 Å². The number of nitrogens with zero attached hydrogens (tertiary/aromatic N) is 4. The van der Waals surface area contributed by atoms with E-state index in [0.717, 1.165) is 34.3 Å². The Hall–Kier alpha value is -1.86. The van der Waals surface area contributed by atoms with Crippen LogP contribution in [0.15, 0.2) is 34.7 Å². The Labute approximate surface area is 136 Å². The maximum atomic E-state index is 5.63. The third kappa shape index (κ3) is 2.50. The standard InChI is InChI=1S/C15H15N5S2/c16-14-17-18-15(22-14)21-9-12-11-7-4-8-13(11)20(19-12)10-5-2-1-3-6-10/h1-3,5-6H,4,7-9H2,(H2,16,17). The summed E-state index contributed by atoms with van der Waals surface area (Å²) in [6.07, 6.45) is 3.44. The molecule has 0 saturated carbocycles. The van der Waals surface area contributed by atoms with Crippen molar-refractivity contribution in [1.29, 1.82) is 0 Å². The van der Waals surface area contributed by atoms with E-state index in [-0.39, 0.29) is 0 Å². The SMILES string of the molecule is Nc1nnc(SCc2nn(-c3ccccc3)c3c2CCC3)s1. The lowest BCUT2D eigenvalue weighted by atomic mass is 10.2. The van der Waals surface area contributed by atoms with Crippen LogP contribution in [0.5, 0.6) is 0 Å². The lowest BCUT2D eigenvalue weighted by Gasteiger charge is -2.04. The van der Waals surface area contributed by atoms with E-state index in [2.05, 4.69) is 39.1 Å². The fourth-order valence-electron chi connectivity index (χ4n) is 2.82. The zero-order chi connectivity index (χ0) is 14.9. The molecule has 0 spiro atoms. The van der Waals surface area contributed by atoms with Gasteiger partial charge in [0, 0.05) is 11.4 Å². The molecule has 7 heteroatoms. The Bertz CT molecular complexity index is 794. The molecule has 2 aromatic heterocycles. The minimum absolute atomic E-state index is 0.516. The first-order chi connectivity index (χ1) is 10.8. The average Bonchev–Trinajstić information content (AvgIpc) is 3.23. The molecule has 5 nitrogen and oxygen atoms in total. The van der Waals surface area contributed by atoms with Crippen molar-refractivity contribution in [3.8, 4) is 5.69 Å². The summed E-state index contributed by atoms with van der Waals surface area (Å²) in [5.74, 6) is 0.816. The Kier molecular flexibility index (Phi) is 3.59. The van der Waals surface area contributed by atoms with Crippen LogP contribution in [0.2, 0.25) is 0 Å². The van der Waals surface area contributed by atoms with E-state index in [1.807, 2.05) is 6.07 Å². The van der Waals surface area contributed by atoms with Gasteiger partial charge in [-0.15, -0.1) is 10.2 Å². The first kappa shape index (κ1) is 13.8. The summed E-state index contributed by atoms with van der Waals surface area (Å²) in [5.41, 5.74) is 10.7. The van der Waals surface area contributed by atoms with Crippen LogP contribution in [-0.4, -0.2) is 20.0 Å². The van der Waals surface area contributed by atoms with Gasteiger partial charge < -0.3 is 5.73 Å². The highest BCUT2D eigenvalue weighted by Crippen LogP contribution is 2.32. The van der Waals surface area contributed by atoms with Crippen LogP contribution in [0.25, 0.3) is 5.69 Å². The van der Waals surface area contributed by atoms with Crippen LogP contribution in [0, 0.1) is 0 Å². The molecule has 0 bridgehead atoms. The van der Waals surface area contributed by atoms with E-state index in [0.29, 0.717) is 5.13 Å². The quantitative estimate of drug-likeness (QED) is 0.745. The van der Waals surface area contributed by atoms with Crippen LogP contribution >= 0.6 is 23.1 Å². The molecule has 0 atom stereocenters. The molecule has 1 aliphatic carbocycles. The fraction of sp³-hybridized carbons (Fsp3) is 0.267. The van der Waals surface area contributed by atoms with E-state index >= 15 is 0 Å². The summed E-state index contributed by atoms with van der Waals surface area (Å²) in [4.78, 5) is 0. The predicted molar refractivity (Wildman–Crippen MR) is 89.5 cm³/mol. The molecule has 0 amide bonds. The molecule has 2 heterocycles. The monoisotopic (exact) mass is 329 g/mol. The van der Waals surface area contributed by atoms with E-state index in [9.17, 15) is 0 Å². The number of anilines is 1. The second-order valence-electron chi connectivity index (χ2n) is 5.17. The van der Waals surface area contributed by atoms with E-state index in [1.165, 1.54) is 29.0 Å². The molecule has 0 saturated heterocycles. The summed E-state index contributed by atoms with van der Waals surface area (Å²) >= 11 is 3.09. The molecule has 22 heavy (non-hydrogen) atoms. The van der Waals surface area contributed by atoms with Gasteiger partial charge in [0.05, 0.1) is 11.4 Å². The Morgan fingerprint density at radius 2 is 2.05 bits per heavy atom. The molecular formula is C15H15N5S2. The van der Waals surface area contributed by atoms with Crippen molar-refractivity contribution in [2.24, 2.45) is 0 Å². The molecule has 0 radical (unpaired) electrons. The Morgan fingerprint density at radius 3 is 2.82 bits per heavy atom. The van der Waals surface area contributed by atoms with Crippen LogP contribution in [0.4, 0.5) is 5.13 Å². The summed E-state index contributed by atoms with van der Waals surface area (Å²) in [5, 5.41) is 13.3. The lowest BCUT2D eigenvalue weighted by Crippen LogP contribution is -2.01. The molecule has 1 aliphatic rings. The highest BCUT2D eigenvalue weighted by Gasteiger charge is 2.23. The molecule has 0 unspecified atom stereocenters. The van der Waals surface area contributed by atoms with Crippen molar-refractivity contribution in [1.82, 2.24) is 20.0 Å². The highest BCUT2D eigenvalue weighted by atomic mass is 32.2. The smallest absolute Gasteiger partial charge is 0.203 e. The topological polar surface area (TPSA) is 69.6 Å². The Balaban J connectivity index is 1.63. The number of nitrogens with two attached hydrogens (primary N) is 1. The van der Waals surface area contributed by atoms with Crippen LogP contribution in [0.3, 0.4) is 0 Å². The van der Waals surface area contributed by atoms with Crippen LogP contribution in [0.1, 0.15) is 23.4 Å². The molecule has 0 fully saturated rings. The summed E-state index contributed by atoms with van der Waals surface area (Å²) in [7, 11) is 0. The highest BCUT2D eigenvalue weighted by molar-refractivity contribution is 8.00. The third-order valence-electron chi connectivity index (χ3n) is 3.77. The van der Waals surface area contributed by atoms with Gasteiger partial charge in [-0.1, -0.05) is 41.3 Å². The van der Waals surface area contributed by atoms with E-state index in [4.69, 9.17) is 10.8 Å². The van der Waals surface area contributed by atoms with Crippen LogP contribution in [-0.2, 0) is 18.6 Å². The second-order valence-corrected chi connectivity index (χ2v) is 7.40. The minimum atomic E-state index is 0.516. The van der Waals surface area contributed by atoms with Gasteiger partial charge >= 0.3 is 0 Å². The zero-order valence-corrected chi connectivity index (χ0v) is 13.5. The number of benzene rings is 1. The normalized spacial score (nSPS) is 13.5. The maximum absolute atomic E-state index is 5.63. The van der Waals surface area contributed by atoms with Gasteiger partial charge in [0.15, 0.2) is 4.34 Å². The second kappa shape index (κ2) is 5.73. The molecule has 112 valence electrons. The average molecular weight is 329 g/mol. The number of fused-ring (bicyclic) bond motifs is 1. The van der Waals surface area contributed by atoms with E-state index < -0.39 is 0 Å². The minimum Gasteiger partial charge on any atom is -0.374 e. The van der Waals surface area contributed by atoms with Crippen molar-refractivity contribution < 1.29 is 0 Å². The molecular weight excluding hydrogens is 314 g/mol. The maximum Gasteiger partial charge on any atom is 0.203 e. The lowest BCUT2D eigenvalue weighted by molar-refractivity contribution is 0.771. The largest absolute Gasteiger partial charge is 0.374 e. The number of aromatic nitrogens is 4. The zero-order valence-electron chi connectivity index (χ0n) is 11.9. The fourth-order valence-corrected chi connectivity index (χ4v) is 4.42. The van der Waals surface area contributed by atoms with Gasteiger partial charge in [0.25, 0.3) is 0 Å². The van der Waals surface area contributed by atoms with Crippen molar-refractivity contribution in [3.63, 3.8) is 0 Å². The Morgan fingerprint density at radius 1 is 1.18 bits per heavy atom. The third-order valence-corrected chi connectivity index (χ3v) is 5.67. The number of para-hydroxylation sites is 1. The number of rotatable bonds is 4. The van der Waals surface area contributed by atoms with Crippen molar-refractivity contribution in [2.75, 3.05) is 5.73 Å². The summed E-state index contributed by atoms with van der Waals surface area (Å²) in [6, 6.07) is 10.3. The number of thioether (sulfide) groups is 1. The van der Waals surface area contributed by atoms with Gasteiger partial charge in [-0.2, -0.15) is 5.10 Å².